The highest BCUT2D eigenvalue weighted by Crippen LogP contribution is 2.05. The number of hydrogen-bond donors (Lipinski definition) is 2. The number of rotatable bonds is 7. The van der Waals surface area contributed by atoms with Gasteiger partial charge in [0.15, 0.2) is 0 Å². The molecule has 1 amide bonds. The van der Waals surface area contributed by atoms with Gasteiger partial charge in [0.05, 0.1) is 6.54 Å². The zero-order valence-electron chi connectivity index (χ0n) is 10.4. The minimum Gasteiger partial charge on any atom is -0.287 e. The first-order valence-corrected chi connectivity index (χ1v) is 5.91. The first-order valence-electron chi connectivity index (χ1n) is 5.91. The molecule has 0 bridgehead atoms. The molecule has 2 N–H and O–H groups in total. The van der Waals surface area contributed by atoms with Crippen LogP contribution in [0, 0.1) is 0 Å². The van der Waals surface area contributed by atoms with Crippen LogP contribution in [0.3, 0.4) is 0 Å². The molecule has 0 heterocycles. The van der Waals surface area contributed by atoms with E-state index in [1.807, 2.05) is 0 Å². The van der Waals surface area contributed by atoms with Crippen LogP contribution in [0.1, 0.15) is 35.7 Å². The Kier molecular flexibility index (Phi) is 6.32. The summed E-state index contributed by atoms with van der Waals surface area (Å²) in [7, 11) is 0. The first kappa shape index (κ1) is 14.0. The molecule has 6 heteroatoms. The number of nitrogens with zero attached hydrogens (tertiary/aromatic N) is 3. The van der Waals surface area contributed by atoms with Crippen molar-refractivity contribution in [1.82, 2.24) is 10.9 Å². The van der Waals surface area contributed by atoms with Gasteiger partial charge in [0.2, 0.25) is 0 Å². The predicted octanol–water partition coefficient (Wildman–Crippen LogP) is 2.53. The fourth-order valence-corrected chi connectivity index (χ4v) is 1.35. The monoisotopic (exact) mass is 247 g/mol. The van der Waals surface area contributed by atoms with Gasteiger partial charge in [0, 0.05) is 17.0 Å². The standard InChI is InChI=1S/C12H17N5O/c1-2-3-8-14-16-12(18)11-6-4-10(5-7-11)9-15-17-13/h4-7,14H,2-3,8-9H2,1H3,(H,16,18). The average molecular weight is 247 g/mol. The van der Waals surface area contributed by atoms with E-state index < -0.39 is 0 Å². The fraction of sp³-hybridized carbons (Fsp3) is 0.417. The van der Waals surface area contributed by atoms with Crippen LogP contribution in [0.15, 0.2) is 29.4 Å². The van der Waals surface area contributed by atoms with Crippen molar-refractivity contribution in [2.75, 3.05) is 6.54 Å². The number of benzene rings is 1. The maximum absolute atomic E-state index is 11.7. The summed E-state index contributed by atoms with van der Waals surface area (Å²) in [5.41, 5.74) is 15.1. The topological polar surface area (TPSA) is 89.9 Å². The van der Waals surface area contributed by atoms with E-state index in [9.17, 15) is 4.79 Å². The van der Waals surface area contributed by atoms with Gasteiger partial charge in [-0.15, -0.1) is 0 Å². The van der Waals surface area contributed by atoms with E-state index in [1.54, 1.807) is 24.3 Å². The third-order valence-electron chi connectivity index (χ3n) is 2.39. The van der Waals surface area contributed by atoms with Crippen molar-refractivity contribution in [2.24, 2.45) is 5.11 Å². The Hall–Kier alpha value is -2.04. The Morgan fingerprint density at radius 1 is 1.39 bits per heavy atom. The molecule has 96 valence electrons. The summed E-state index contributed by atoms with van der Waals surface area (Å²) in [5, 5.41) is 3.45. The third kappa shape index (κ3) is 4.86. The average Bonchev–Trinajstić information content (AvgIpc) is 2.41. The Morgan fingerprint density at radius 3 is 2.72 bits per heavy atom. The Balaban J connectivity index is 2.45. The highest BCUT2D eigenvalue weighted by molar-refractivity contribution is 5.93. The number of hydrogen-bond acceptors (Lipinski definition) is 3. The second-order valence-electron chi connectivity index (χ2n) is 3.82. The van der Waals surface area contributed by atoms with Crippen molar-refractivity contribution in [3.05, 3.63) is 45.8 Å². The van der Waals surface area contributed by atoms with Crippen LogP contribution in [0.4, 0.5) is 0 Å². The van der Waals surface area contributed by atoms with Gasteiger partial charge in [0.1, 0.15) is 0 Å². The Bertz CT molecular complexity index is 423. The summed E-state index contributed by atoms with van der Waals surface area (Å²) in [5.74, 6) is -0.165. The quantitative estimate of drug-likeness (QED) is 0.255. The number of amides is 1. The zero-order valence-corrected chi connectivity index (χ0v) is 10.4. The molecule has 0 aromatic heterocycles. The number of carbonyl (C=O) groups excluding carboxylic acids is 1. The molecule has 0 saturated heterocycles. The lowest BCUT2D eigenvalue weighted by atomic mass is 10.1. The summed E-state index contributed by atoms with van der Waals surface area (Å²) in [6.07, 6.45) is 2.10. The molecular formula is C12H17N5O. The summed E-state index contributed by atoms with van der Waals surface area (Å²) in [6.45, 7) is 3.15. The summed E-state index contributed by atoms with van der Waals surface area (Å²) in [4.78, 5) is 14.4. The van der Waals surface area contributed by atoms with Crippen LogP contribution in [0.5, 0.6) is 0 Å². The van der Waals surface area contributed by atoms with Crippen molar-refractivity contribution in [3.63, 3.8) is 0 Å². The predicted molar refractivity (Wildman–Crippen MR) is 69.7 cm³/mol. The van der Waals surface area contributed by atoms with Crippen molar-refractivity contribution in [2.45, 2.75) is 26.3 Å². The Labute approximate surface area is 106 Å². The van der Waals surface area contributed by atoms with Gasteiger partial charge in [-0.3, -0.25) is 10.2 Å². The lowest BCUT2D eigenvalue weighted by Gasteiger charge is -2.06. The molecular weight excluding hydrogens is 230 g/mol. The normalized spacial score (nSPS) is 9.61. The van der Waals surface area contributed by atoms with E-state index in [0.717, 1.165) is 24.9 Å². The van der Waals surface area contributed by atoms with Crippen LogP contribution in [-0.4, -0.2) is 12.5 Å². The molecule has 6 nitrogen and oxygen atoms in total. The largest absolute Gasteiger partial charge is 0.287 e. The third-order valence-corrected chi connectivity index (χ3v) is 2.39. The minimum absolute atomic E-state index is 0.165. The summed E-state index contributed by atoms with van der Waals surface area (Å²) in [6, 6.07) is 6.96. The molecule has 0 saturated carbocycles. The lowest BCUT2D eigenvalue weighted by Crippen LogP contribution is -2.37. The second kappa shape index (κ2) is 8.11. The molecule has 1 aromatic carbocycles. The molecule has 0 aliphatic heterocycles. The number of carbonyl (C=O) groups is 1. The smallest absolute Gasteiger partial charge is 0.265 e. The van der Waals surface area contributed by atoms with Crippen LogP contribution in [0.2, 0.25) is 0 Å². The Morgan fingerprint density at radius 2 is 2.11 bits per heavy atom. The van der Waals surface area contributed by atoms with Crippen LogP contribution in [0.25, 0.3) is 10.4 Å². The van der Waals surface area contributed by atoms with Gasteiger partial charge in [-0.25, -0.2) is 5.43 Å². The number of unbranched alkanes of at least 4 members (excludes halogenated alkanes) is 1. The van der Waals surface area contributed by atoms with E-state index >= 15 is 0 Å². The summed E-state index contributed by atoms with van der Waals surface area (Å²) >= 11 is 0. The zero-order chi connectivity index (χ0) is 13.2. The maximum Gasteiger partial charge on any atom is 0.265 e. The number of azide groups is 1. The number of hydrazine groups is 1. The van der Waals surface area contributed by atoms with Crippen LogP contribution in [-0.2, 0) is 6.54 Å². The van der Waals surface area contributed by atoms with Crippen molar-refractivity contribution in [1.29, 1.82) is 0 Å². The molecule has 0 radical (unpaired) electrons. The van der Waals surface area contributed by atoms with Gasteiger partial charge >= 0.3 is 0 Å². The highest BCUT2D eigenvalue weighted by atomic mass is 16.2. The molecule has 0 atom stereocenters. The van der Waals surface area contributed by atoms with Gasteiger partial charge in [0.25, 0.3) is 5.91 Å². The molecule has 1 rings (SSSR count). The second-order valence-corrected chi connectivity index (χ2v) is 3.82. The molecule has 0 spiro atoms. The van der Waals surface area contributed by atoms with Gasteiger partial charge < -0.3 is 0 Å². The number of nitrogens with one attached hydrogen (secondary N) is 2. The van der Waals surface area contributed by atoms with Crippen molar-refractivity contribution >= 4 is 5.91 Å². The molecule has 0 fully saturated rings. The van der Waals surface area contributed by atoms with Gasteiger partial charge in [-0.05, 0) is 29.6 Å². The van der Waals surface area contributed by atoms with E-state index in [2.05, 4.69) is 27.8 Å². The SMILES string of the molecule is CCCCNNC(=O)c1ccc(CN=[N+]=[N-])cc1. The van der Waals surface area contributed by atoms with Crippen molar-refractivity contribution in [3.8, 4) is 0 Å². The van der Waals surface area contributed by atoms with E-state index in [4.69, 9.17) is 5.53 Å². The first-order chi connectivity index (χ1) is 8.77. The van der Waals surface area contributed by atoms with Gasteiger partial charge in [-0.1, -0.05) is 30.6 Å². The molecule has 18 heavy (non-hydrogen) atoms. The maximum atomic E-state index is 11.7. The van der Waals surface area contributed by atoms with Crippen LogP contribution < -0.4 is 10.9 Å². The van der Waals surface area contributed by atoms with E-state index in [1.165, 1.54) is 0 Å². The minimum atomic E-state index is -0.165. The molecule has 0 unspecified atom stereocenters. The highest BCUT2D eigenvalue weighted by Gasteiger charge is 2.03. The lowest BCUT2D eigenvalue weighted by molar-refractivity contribution is 0.0933. The van der Waals surface area contributed by atoms with Crippen molar-refractivity contribution < 1.29 is 4.79 Å². The molecule has 0 aliphatic rings. The fourth-order valence-electron chi connectivity index (χ4n) is 1.35. The van der Waals surface area contributed by atoms with E-state index in [0.29, 0.717) is 12.1 Å². The molecule has 0 aliphatic carbocycles. The van der Waals surface area contributed by atoms with E-state index in [-0.39, 0.29) is 5.91 Å². The van der Waals surface area contributed by atoms with Crippen LogP contribution >= 0.6 is 0 Å². The summed E-state index contributed by atoms with van der Waals surface area (Å²) < 4.78 is 0. The van der Waals surface area contributed by atoms with Gasteiger partial charge in [-0.2, -0.15) is 0 Å². The molecule has 1 aromatic rings.